The summed E-state index contributed by atoms with van der Waals surface area (Å²) in [5, 5.41) is 5.36. The Bertz CT molecular complexity index is 960. The number of nitrogens with one attached hydrogen (secondary N) is 2. The van der Waals surface area contributed by atoms with E-state index >= 15 is 0 Å². The van der Waals surface area contributed by atoms with Crippen LogP contribution in [0.15, 0.2) is 41.3 Å². The molecule has 1 aliphatic rings. The molecule has 2 unspecified atom stereocenters. The molecular formula is C21H24N2O5S. The summed E-state index contributed by atoms with van der Waals surface area (Å²) in [6.07, 6.45) is 0. The van der Waals surface area contributed by atoms with Crippen molar-refractivity contribution in [1.82, 2.24) is 10.6 Å². The third-order valence-electron chi connectivity index (χ3n) is 4.64. The standard InChI is InChI=1S/C21H24N2O5S/c1-4-23-20(24)14-10-16-18(12-27-19(16)17(11-14)21(25)22-3)13-7-6-8-15(9-13)29(26)28-5-2/h6-11,18H,4-5,12H2,1-3H3,(H,22,25)(H,23,24). The minimum Gasteiger partial charge on any atom is -0.491 e. The second-order valence-electron chi connectivity index (χ2n) is 6.46. The van der Waals surface area contributed by atoms with Gasteiger partial charge in [-0.2, -0.15) is 0 Å². The van der Waals surface area contributed by atoms with Gasteiger partial charge in [0.15, 0.2) is 11.1 Å². The average Bonchev–Trinajstić information content (AvgIpc) is 3.17. The molecule has 29 heavy (non-hydrogen) atoms. The second-order valence-corrected chi connectivity index (χ2v) is 7.63. The lowest BCUT2D eigenvalue weighted by Crippen LogP contribution is -2.24. The van der Waals surface area contributed by atoms with Gasteiger partial charge in [-0.1, -0.05) is 12.1 Å². The fraction of sp³-hybridized carbons (Fsp3) is 0.333. The molecule has 2 aromatic rings. The van der Waals surface area contributed by atoms with E-state index in [1.807, 2.05) is 25.1 Å². The predicted molar refractivity (Wildman–Crippen MR) is 110 cm³/mol. The molecular weight excluding hydrogens is 392 g/mol. The molecule has 154 valence electrons. The molecule has 1 heterocycles. The number of amides is 2. The minimum absolute atomic E-state index is 0.193. The first-order valence-corrected chi connectivity index (χ1v) is 10.5. The Morgan fingerprint density at radius 1 is 1.21 bits per heavy atom. The fourth-order valence-corrected chi connectivity index (χ4v) is 4.08. The first-order valence-electron chi connectivity index (χ1n) is 9.46. The van der Waals surface area contributed by atoms with Crippen molar-refractivity contribution < 1.29 is 22.7 Å². The highest BCUT2D eigenvalue weighted by Gasteiger charge is 2.31. The molecule has 7 nitrogen and oxygen atoms in total. The molecule has 0 radical (unpaired) electrons. The summed E-state index contributed by atoms with van der Waals surface area (Å²) in [6, 6.07) is 10.6. The first kappa shape index (κ1) is 21.0. The van der Waals surface area contributed by atoms with Crippen LogP contribution in [0.3, 0.4) is 0 Å². The molecule has 0 saturated carbocycles. The summed E-state index contributed by atoms with van der Waals surface area (Å²) in [5.74, 6) is -0.295. The maximum atomic E-state index is 12.4. The van der Waals surface area contributed by atoms with Gasteiger partial charge in [-0.15, -0.1) is 0 Å². The van der Waals surface area contributed by atoms with E-state index in [0.29, 0.717) is 41.5 Å². The number of ether oxygens (including phenoxy) is 1. The highest BCUT2D eigenvalue weighted by molar-refractivity contribution is 7.80. The first-order chi connectivity index (χ1) is 14.0. The molecule has 0 aliphatic carbocycles. The zero-order valence-electron chi connectivity index (χ0n) is 16.6. The Kier molecular flexibility index (Phi) is 6.66. The van der Waals surface area contributed by atoms with Crippen molar-refractivity contribution in [2.24, 2.45) is 0 Å². The topological polar surface area (TPSA) is 93.7 Å². The number of hydrogen-bond acceptors (Lipinski definition) is 5. The zero-order chi connectivity index (χ0) is 21.0. The Morgan fingerprint density at radius 2 is 2.00 bits per heavy atom. The summed E-state index contributed by atoms with van der Waals surface area (Å²) in [5.41, 5.74) is 2.36. The smallest absolute Gasteiger partial charge is 0.254 e. The molecule has 0 aromatic heterocycles. The number of carbonyl (C=O) groups is 2. The maximum absolute atomic E-state index is 12.4. The van der Waals surface area contributed by atoms with Gasteiger partial charge < -0.3 is 15.4 Å². The normalized spacial score (nSPS) is 15.9. The maximum Gasteiger partial charge on any atom is 0.254 e. The van der Waals surface area contributed by atoms with E-state index in [-0.39, 0.29) is 17.7 Å². The fourth-order valence-electron chi connectivity index (χ4n) is 3.31. The van der Waals surface area contributed by atoms with Crippen molar-refractivity contribution in [3.8, 4) is 5.75 Å². The quantitative estimate of drug-likeness (QED) is 0.723. The molecule has 0 saturated heterocycles. The molecule has 3 rings (SSSR count). The zero-order valence-corrected chi connectivity index (χ0v) is 17.4. The van der Waals surface area contributed by atoms with Crippen LogP contribution in [0.4, 0.5) is 0 Å². The van der Waals surface area contributed by atoms with Gasteiger partial charge in [0.2, 0.25) is 0 Å². The van der Waals surface area contributed by atoms with Crippen molar-refractivity contribution in [2.45, 2.75) is 24.7 Å². The number of hydrogen-bond donors (Lipinski definition) is 2. The number of carbonyl (C=O) groups excluding carboxylic acids is 2. The van der Waals surface area contributed by atoms with Crippen LogP contribution in [0, 0.1) is 0 Å². The lowest BCUT2D eigenvalue weighted by molar-refractivity contribution is 0.0955. The summed E-state index contributed by atoms with van der Waals surface area (Å²) in [4.78, 5) is 25.4. The molecule has 0 spiro atoms. The van der Waals surface area contributed by atoms with Crippen molar-refractivity contribution in [3.63, 3.8) is 0 Å². The van der Waals surface area contributed by atoms with E-state index in [0.717, 1.165) is 11.1 Å². The van der Waals surface area contributed by atoms with E-state index in [9.17, 15) is 13.8 Å². The molecule has 0 fully saturated rings. The summed E-state index contributed by atoms with van der Waals surface area (Å²) in [6.45, 7) is 4.77. The average molecular weight is 416 g/mol. The summed E-state index contributed by atoms with van der Waals surface area (Å²) >= 11 is -1.55. The van der Waals surface area contributed by atoms with Crippen LogP contribution in [-0.4, -0.2) is 42.8 Å². The van der Waals surface area contributed by atoms with Crippen molar-refractivity contribution >= 4 is 22.9 Å². The Labute approximate surface area is 172 Å². The van der Waals surface area contributed by atoms with Gasteiger partial charge >= 0.3 is 0 Å². The number of benzene rings is 2. The van der Waals surface area contributed by atoms with Crippen LogP contribution >= 0.6 is 0 Å². The molecule has 0 bridgehead atoms. The molecule has 8 heteroatoms. The van der Waals surface area contributed by atoms with E-state index < -0.39 is 11.1 Å². The largest absolute Gasteiger partial charge is 0.491 e. The minimum atomic E-state index is -1.55. The molecule has 2 aromatic carbocycles. The molecule has 1 aliphatic heterocycles. The van der Waals surface area contributed by atoms with Gasteiger partial charge in [-0.05, 0) is 43.7 Å². The van der Waals surface area contributed by atoms with Crippen LogP contribution in [0.25, 0.3) is 0 Å². The number of fused-ring (bicyclic) bond motifs is 1. The van der Waals surface area contributed by atoms with Gasteiger partial charge in [-0.3, -0.25) is 13.8 Å². The van der Waals surface area contributed by atoms with Gasteiger partial charge in [0.25, 0.3) is 11.8 Å². The van der Waals surface area contributed by atoms with E-state index in [4.69, 9.17) is 8.92 Å². The van der Waals surface area contributed by atoms with Gasteiger partial charge in [0.05, 0.1) is 23.7 Å². The van der Waals surface area contributed by atoms with Crippen LogP contribution in [0.5, 0.6) is 5.75 Å². The Hall–Kier alpha value is -2.71. The highest BCUT2D eigenvalue weighted by Crippen LogP contribution is 2.41. The molecule has 2 amide bonds. The van der Waals surface area contributed by atoms with Crippen molar-refractivity contribution in [3.05, 3.63) is 58.7 Å². The van der Waals surface area contributed by atoms with Gasteiger partial charge in [-0.25, -0.2) is 4.21 Å². The third-order valence-corrected chi connectivity index (χ3v) is 5.73. The van der Waals surface area contributed by atoms with Crippen LogP contribution in [0.2, 0.25) is 0 Å². The van der Waals surface area contributed by atoms with Crippen LogP contribution in [0.1, 0.15) is 51.6 Å². The van der Waals surface area contributed by atoms with E-state index in [2.05, 4.69) is 10.6 Å². The summed E-state index contributed by atoms with van der Waals surface area (Å²) in [7, 11) is 1.53. The van der Waals surface area contributed by atoms with Crippen LogP contribution in [-0.2, 0) is 15.3 Å². The third kappa shape index (κ3) is 4.33. The van der Waals surface area contributed by atoms with Gasteiger partial charge in [0, 0.05) is 30.6 Å². The lowest BCUT2D eigenvalue weighted by atomic mass is 9.90. The molecule has 2 atom stereocenters. The van der Waals surface area contributed by atoms with Crippen molar-refractivity contribution in [1.29, 1.82) is 0 Å². The van der Waals surface area contributed by atoms with E-state index in [1.165, 1.54) is 7.05 Å². The summed E-state index contributed by atoms with van der Waals surface area (Å²) < 4.78 is 23.3. The molecule has 2 N–H and O–H groups in total. The predicted octanol–water partition coefficient (Wildman–Crippen LogP) is 2.38. The number of rotatable bonds is 7. The SMILES string of the molecule is CCNC(=O)c1cc(C(=O)NC)c2c(c1)C(c1cccc(S(=O)OCC)c1)CO2. The van der Waals surface area contributed by atoms with E-state index in [1.54, 1.807) is 25.1 Å². The second kappa shape index (κ2) is 9.19. The van der Waals surface area contributed by atoms with Crippen molar-refractivity contribution in [2.75, 3.05) is 26.8 Å². The lowest BCUT2D eigenvalue weighted by Gasteiger charge is -2.13. The van der Waals surface area contributed by atoms with Gasteiger partial charge in [0.1, 0.15) is 5.75 Å². The Balaban J connectivity index is 2.06. The Morgan fingerprint density at radius 3 is 2.69 bits per heavy atom. The monoisotopic (exact) mass is 416 g/mol. The highest BCUT2D eigenvalue weighted by atomic mass is 32.2. The van der Waals surface area contributed by atoms with Crippen LogP contribution < -0.4 is 15.4 Å².